The van der Waals surface area contributed by atoms with E-state index in [0.717, 1.165) is 28.5 Å². The number of nitrogens with one attached hydrogen (secondary N) is 1. The second-order valence-electron chi connectivity index (χ2n) is 4.92. The van der Waals surface area contributed by atoms with Crippen molar-refractivity contribution in [2.75, 3.05) is 12.3 Å². The molecule has 0 amide bonds. The molecular weight excluding hydrogens is 294 g/mol. The molecular formula is C15H22ClNO2S. The summed E-state index contributed by atoms with van der Waals surface area (Å²) in [4.78, 5) is 11.3. The lowest BCUT2D eigenvalue weighted by molar-refractivity contribution is -0.144. The molecule has 0 fully saturated rings. The van der Waals surface area contributed by atoms with E-state index in [1.807, 2.05) is 31.2 Å². The Hall–Kier alpha value is -0.710. The van der Waals surface area contributed by atoms with E-state index in [1.165, 1.54) is 0 Å². The highest BCUT2D eigenvalue weighted by Crippen LogP contribution is 2.22. The van der Waals surface area contributed by atoms with Crippen LogP contribution >= 0.6 is 23.4 Å². The van der Waals surface area contributed by atoms with Crippen molar-refractivity contribution in [2.24, 2.45) is 0 Å². The zero-order valence-corrected chi connectivity index (χ0v) is 13.6. The molecule has 0 aliphatic rings. The number of rotatable bonds is 9. The van der Waals surface area contributed by atoms with Gasteiger partial charge in [0.1, 0.15) is 5.54 Å². The normalized spacial score (nSPS) is 13.9. The van der Waals surface area contributed by atoms with Gasteiger partial charge in [0.2, 0.25) is 0 Å². The predicted octanol–water partition coefficient (Wildman–Crippen LogP) is 3.81. The SMILES string of the molecule is CCNC(C)(CCCSCc1ccccc1Cl)C(=O)O. The van der Waals surface area contributed by atoms with E-state index in [2.05, 4.69) is 5.32 Å². The summed E-state index contributed by atoms with van der Waals surface area (Å²) in [5, 5.41) is 13.1. The Balaban J connectivity index is 2.31. The van der Waals surface area contributed by atoms with Crippen LogP contribution in [0.15, 0.2) is 24.3 Å². The summed E-state index contributed by atoms with van der Waals surface area (Å²) < 4.78 is 0. The molecule has 2 N–H and O–H groups in total. The minimum Gasteiger partial charge on any atom is -0.480 e. The number of carbonyl (C=O) groups is 1. The molecule has 1 aromatic carbocycles. The fraction of sp³-hybridized carbons (Fsp3) is 0.533. The van der Waals surface area contributed by atoms with Gasteiger partial charge >= 0.3 is 5.97 Å². The van der Waals surface area contributed by atoms with Gasteiger partial charge in [-0.15, -0.1) is 0 Å². The zero-order chi connectivity index (χ0) is 15.0. The maximum absolute atomic E-state index is 11.3. The van der Waals surface area contributed by atoms with Crippen molar-refractivity contribution in [3.63, 3.8) is 0 Å². The summed E-state index contributed by atoms with van der Waals surface area (Å²) in [6, 6.07) is 7.82. The van der Waals surface area contributed by atoms with Gasteiger partial charge in [-0.1, -0.05) is 36.7 Å². The highest BCUT2D eigenvalue weighted by atomic mass is 35.5. The lowest BCUT2D eigenvalue weighted by Crippen LogP contribution is -2.49. The van der Waals surface area contributed by atoms with Crippen LogP contribution in [0.4, 0.5) is 0 Å². The van der Waals surface area contributed by atoms with Crippen LogP contribution in [0.2, 0.25) is 5.02 Å². The summed E-state index contributed by atoms with van der Waals surface area (Å²) >= 11 is 7.88. The first-order valence-corrected chi connectivity index (χ1v) is 8.32. The van der Waals surface area contributed by atoms with Crippen LogP contribution in [-0.2, 0) is 10.5 Å². The molecule has 3 nitrogen and oxygen atoms in total. The van der Waals surface area contributed by atoms with Gasteiger partial charge in [0.15, 0.2) is 0 Å². The van der Waals surface area contributed by atoms with Crippen molar-refractivity contribution in [3.8, 4) is 0 Å². The van der Waals surface area contributed by atoms with Gasteiger partial charge in [0.25, 0.3) is 0 Å². The predicted molar refractivity (Wildman–Crippen MR) is 86.6 cm³/mol. The monoisotopic (exact) mass is 315 g/mol. The quantitative estimate of drug-likeness (QED) is 0.680. The number of benzene rings is 1. The number of halogens is 1. The number of hydrogen-bond donors (Lipinski definition) is 2. The second-order valence-corrected chi connectivity index (χ2v) is 6.43. The first kappa shape index (κ1) is 17.3. The highest BCUT2D eigenvalue weighted by molar-refractivity contribution is 7.98. The molecule has 0 heterocycles. The van der Waals surface area contributed by atoms with Gasteiger partial charge in [-0.05, 0) is 43.7 Å². The standard InChI is InChI=1S/C15H22ClNO2S/c1-3-17-15(2,14(18)19)9-6-10-20-11-12-7-4-5-8-13(12)16/h4-5,7-8,17H,3,6,9-11H2,1-2H3,(H,18,19). The lowest BCUT2D eigenvalue weighted by atomic mass is 9.96. The number of aliphatic carboxylic acids is 1. The van der Waals surface area contributed by atoms with Crippen LogP contribution in [0, 0.1) is 0 Å². The molecule has 20 heavy (non-hydrogen) atoms. The largest absolute Gasteiger partial charge is 0.480 e. The fourth-order valence-corrected chi connectivity index (χ4v) is 3.23. The van der Waals surface area contributed by atoms with E-state index < -0.39 is 11.5 Å². The van der Waals surface area contributed by atoms with Crippen molar-refractivity contribution in [1.82, 2.24) is 5.32 Å². The Bertz CT molecular complexity index is 442. The first-order valence-electron chi connectivity index (χ1n) is 6.79. The zero-order valence-electron chi connectivity index (χ0n) is 12.0. The molecule has 0 saturated heterocycles. The Labute approximate surface area is 130 Å². The number of thioether (sulfide) groups is 1. The number of carboxylic acid groups (broad SMARTS) is 1. The molecule has 1 rings (SSSR count). The molecule has 0 radical (unpaired) electrons. The van der Waals surface area contributed by atoms with E-state index in [9.17, 15) is 9.90 Å². The van der Waals surface area contributed by atoms with Crippen LogP contribution in [-0.4, -0.2) is 28.9 Å². The molecule has 1 unspecified atom stereocenters. The van der Waals surface area contributed by atoms with Crippen molar-refractivity contribution < 1.29 is 9.90 Å². The molecule has 0 spiro atoms. The van der Waals surface area contributed by atoms with Crippen LogP contribution in [0.3, 0.4) is 0 Å². The molecule has 0 saturated carbocycles. The van der Waals surface area contributed by atoms with Gasteiger partial charge in [-0.3, -0.25) is 4.79 Å². The summed E-state index contributed by atoms with van der Waals surface area (Å²) in [7, 11) is 0. The third kappa shape index (κ3) is 5.35. The van der Waals surface area contributed by atoms with E-state index >= 15 is 0 Å². The minimum absolute atomic E-state index is 0.631. The van der Waals surface area contributed by atoms with Crippen LogP contribution in [0.1, 0.15) is 32.3 Å². The van der Waals surface area contributed by atoms with E-state index in [1.54, 1.807) is 18.7 Å². The number of likely N-dealkylation sites (N-methyl/N-ethyl adjacent to an activating group) is 1. The summed E-state index contributed by atoms with van der Waals surface area (Å²) in [6.45, 7) is 4.33. The third-order valence-electron chi connectivity index (χ3n) is 3.22. The summed E-state index contributed by atoms with van der Waals surface area (Å²) in [5.74, 6) is 1.01. The maximum Gasteiger partial charge on any atom is 0.323 e. The van der Waals surface area contributed by atoms with Gasteiger partial charge in [-0.25, -0.2) is 0 Å². The van der Waals surface area contributed by atoms with Crippen molar-refractivity contribution in [2.45, 2.75) is 38.0 Å². The molecule has 0 aliphatic carbocycles. The summed E-state index contributed by atoms with van der Waals surface area (Å²) in [6.07, 6.45) is 1.50. The van der Waals surface area contributed by atoms with Crippen LogP contribution in [0.5, 0.6) is 0 Å². The van der Waals surface area contributed by atoms with Gasteiger partial charge < -0.3 is 10.4 Å². The molecule has 0 aliphatic heterocycles. The lowest BCUT2D eigenvalue weighted by Gasteiger charge is -2.25. The molecule has 1 aromatic rings. The molecule has 0 aromatic heterocycles. The Morgan fingerprint density at radius 3 is 2.75 bits per heavy atom. The van der Waals surface area contributed by atoms with Crippen LogP contribution < -0.4 is 5.32 Å². The Morgan fingerprint density at radius 1 is 1.45 bits per heavy atom. The third-order valence-corrected chi connectivity index (χ3v) is 4.68. The average Bonchev–Trinajstić information content (AvgIpc) is 2.40. The smallest absolute Gasteiger partial charge is 0.323 e. The van der Waals surface area contributed by atoms with Gasteiger partial charge in [0, 0.05) is 10.8 Å². The van der Waals surface area contributed by atoms with Crippen molar-refractivity contribution in [3.05, 3.63) is 34.9 Å². The van der Waals surface area contributed by atoms with E-state index in [0.29, 0.717) is 13.0 Å². The van der Waals surface area contributed by atoms with E-state index in [4.69, 9.17) is 11.6 Å². The van der Waals surface area contributed by atoms with E-state index in [-0.39, 0.29) is 0 Å². The molecule has 5 heteroatoms. The number of carboxylic acids is 1. The topological polar surface area (TPSA) is 49.3 Å². The fourth-order valence-electron chi connectivity index (χ4n) is 1.99. The summed E-state index contributed by atoms with van der Waals surface area (Å²) in [5.41, 5.74) is 0.312. The van der Waals surface area contributed by atoms with Crippen LogP contribution in [0.25, 0.3) is 0 Å². The second kappa shape index (κ2) is 8.55. The van der Waals surface area contributed by atoms with Crippen molar-refractivity contribution >= 4 is 29.3 Å². The average molecular weight is 316 g/mol. The molecule has 0 bridgehead atoms. The first-order chi connectivity index (χ1) is 9.49. The number of hydrogen-bond acceptors (Lipinski definition) is 3. The molecule has 1 atom stereocenters. The minimum atomic E-state index is -0.820. The van der Waals surface area contributed by atoms with Gasteiger partial charge in [-0.2, -0.15) is 11.8 Å². The highest BCUT2D eigenvalue weighted by Gasteiger charge is 2.30. The maximum atomic E-state index is 11.3. The van der Waals surface area contributed by atoms with Gasteiger partial charge in [0.05, 0.1) is 0 Å². The Morgan fingerprint density at radius 2 is 2.15 bits per heavy atom. The Kier molecular flexibility index (Phi) is 7.41. The van der Waals surface area contributed by atoms with Crippen molar-refractivity contribution in [1.29, 1.82) is 0 Å². The molecule has 112 valence electrons.